The molecule has 0 aliphatic heterocycles. The van der Waals surface area contributed by atoms with Crippen LogP contribution >= 0.6 is 12.2 Å². The molecule has 2 rings (SSSR count). The fourth-order valence-corrected chi connectivity index (χ4v) is 2.24. The molecule has 2 aromatic rings. The van der Waals surface area contributed by atoms with Crippen molar-refractivity contribution in [3.63, 3.8) is 0 Å². The Morgan fingerprint density at radius 2 is 1.75 bits per heavy atom. The fourth-order valence-electron chi connectivity index (χ4n) is 2.04. The largest absolute Gasteiger partial charge is 0.378 e. The molecule has 0 fully saturated rings. The van der Waals surface area contributed by atoms with Gasteiger partial charge in [0.2, 0.25) is 0 Å². The maximum atomic E-state index is 5.38. The third-order valence-electron chi connectivity index (χ3n) is 3.39. The second kappa shape index (κ2) is 5.75. The van der Waals surface area contributed by atoms with E-state index in [1.165, 1.54) is 5.69 Å². The number of nitrogens with one attached hydrogen (secondary N) is 1. The molecule has 0 spiro atoms. The summed E-state index contributed by atoms with van der Waals surface area (Å²) in [5.74, 6) is 1.27. The van der Waals surface area contributed by atoms with E-state index in [-0.39, 0.29) is 0 Å². The molecule has 0 unspecified atom stereocenters. The Kier molecular flexibility index (Phi) is 4.23. The predicted octanol–water partition coefficient (Wildman–Crippen LogP) is 4.30. The molecule has 0 amide bonds. The zero-order valence-corrected chi connectivity index (χ0v) is 13.5. The van der Waals surface area contributed by atoms with E-state index in [4.69, 9.17) is 12.2 Å². The van der Waals surface area contributed by atoms with Crippen LogP contribution in [-0.4, -0.2) is 24.1 Å². The number of hydrogen-bond donors (Lipinski definition) is 1. The van der Waals surface area contributed by atoms with Crippen LogP contribution in [0.3, 0.4) is 0 Å². The van der Waals surface area contributed by atoms with Gasteiger partial charge in [0, 0.05) is 31.3 Å². The monoisotopic (exact) mass is 287 g/mol. The highest BCUT2D eigenvalue weighted by Crippen LogP contribution is 2.25. The van der Waals surface area contributed by atoms with E-state index in [9.17, 15) is 0 Å². The first kappa shape index (κ1) is 14.7. The molecule has 1 aromatic heterocycles. The molecule has 0 saturated carbocycles. The number of rotatable bonds is 3. The first-order valence-electron chi connectivity index (χ1n) is 6.78. The highest BCUT2D eigenvalue weighted by molar-refractivity contribution is 7.71. The van der Waals surface area contributed by atoms with Crippen molar-refractivity contribution >= 4 is 17.9 Å². The molecule has 1 N–H and O–H groups in total. The van der Waals surface area contributed by atoms with E-state index in [2.05, 4.69) is 53.0 Å². The van der Waals surface area contributed by atoms with Crippen LogP contribution in [0.25, 0.3) is 11.3 Å². The smallest absolute Gasteiger partial charge is 0.133 e. The molecule has 0 radical (unpaired) electrons. The summed E-state index contributed by atoms with van der Waals surface area (Å²) < 4.78 is 0.680. The first-order chi connectivity index (χ1) is 9.40. The highest BCUT2D eigenvalue weighted by atomic mass is 32.1. The molecule has 106 valence electrons. The Balaban J connectivity index is 2.54. The Labute approximate surface area is 125 Å². The predicted molar refractivity (Wildman–Crippen MR) is 88.0 cm³/mol. The van der Waals surface area contributed by atoms with Crippen LogP contribution in [0.4, 0.5) is 5.69 Å². The van der Waals surface area contributed by atoms with E-state index < -0.39 is 0 Å². The average Bonchev–Trinajstić information content (AvgIpc) is 2.41. The van der Waals surface area contributed by atoms with Crippen molar-refractivity contribution < 1.29 is 0 Å². The first-order valence-corrected chi connectivity index (χ1v) is 7.19. The van der Waals surface area contributed by atoms with Gasteiger partial charge in [-0.2, -0.15) is 0 Å². The number of anilines is 1. The van der Waals surface area contributed by atoms with Gasteiger partial charge in [0.05, 0.1) is 5.69 Å². The van der Waals surface area contributed by atoms with Crippen molar-refractivity contribution in [2.45, 2.75) is 26.7 Å². The molecule has 3 nitrogen and oxygen atoms in total. The van der Waals surface area contributed by atoms with Crippen LogP contribution in [-0.2, 0) is 0 Å². The highest BCUT2D eigenvalue weighted by Gasteiger charge is 2.09. The lowest BCUT2D eigenvalue weighted by atomic mass is 10.1. The minimum atomic E-state index is 0.331. The van der Waals surface area contributed by atoms with Gasteiger partial charge < -0.3 is 9.88 Å². The summed E-state index contributed by atoms with van der Waals surface area (Å²) in [6, 6.07) is 8.46. The van der Waals surface area contributed by atoms with Crippen molar-refractivity contribution in [3.05, 3.63) is 40.3 Å². The molecule has 4 heteroatoms. The summed E-state index contributed by atoms with van der Waals surface area (Å²) in [6.45, 7) is 6.24. The van der Waals surface area contributed by atoms with E-state index in [1.807, 2.05) is 21.0 Å². The lowest BCUT2D eigenvalue weighted by Gasteiger charge is -2.15. The van der Waals surface area contributed by atoms with Crippen molar-refractivity contribution in [1.29, 1.82) is 0 Å². The third kappa shape index (κ3) is 2.90. The molecule has 0 bridgehead atoms. The van der Waals surface area contributed by atoms with Crippen molar-refractivity contribution in [2.75, 3.05) is 19.0 Å². The van der Waals surface area contributed by atoms with Gasteiger partial charge >= 0.3 is 0 Å². The quantitative estimate of drug-likeness (QED) is 0.854. The Hall–Kier alpha value is -1.68. The molecule has 1 aromatic carbocycles. The Morgan fingerprint density at radius 3 is 2.25 bits per heavy atom. The van der Waals surface area contributed by atoms with Crippen LogP contribution in [0, 0.1) is 11.6 Å². The van der Waals surface area contributed by atoms with E-state index >= 15 is 0 Å². The molecule has 0 saturated heterocycles. The van der Waals surface area contributed by atoms with Gasteiger partial charge in [0.1, 0.15) is 10.5 Å². The second-order valence-corrected chi connectivity index (χ2v) is 5.91. The number of nitrogens with zero attached hydrogens (tertiary/aromatic N) is 2. The van der Waals surface area contributed by atoms with Crippen LogP contribution in [0.2, 0.25) is 0 Å². The van der Waals surface area contributed by atoms with Gasteiger partial charge in [0.25, 0.3) is 0 Å². The minimum absolute atomic E-state index is 0.331. The fraction of sp³-hybridized carbons (Fsp3) is 0.375. The van der Waals surface area contributed by atoms with E-state index in [1.54, 1.807) is 0 Å². The average molecular weight is 287 g/mol. The number of H-pyrrole nitrogens is 1. The summed E-state index contributed by atoms with van der Waals surface area (Å²) in [6.07, 6.45) is 0. The van der Waals surface area contributed by atoms with Gasteiger partial charge in [-0.15, -0.1) is 0 Å². The van der Waals surface area contributed by atoms with Crippen LogP contribution in [0.5, 0.6) is 0 Å². The van der Waals surface area contributed by atoms with Crippen LogP contribution in [0.15, 0.2) is 24.3 Å². The Bertz CT molecular complexity index is 654. The number of aromatic nitrogens is 2. The normalized spacial score (nSPS) is 10.9. The van der Waals surface area contributed by atoms with Crippen LogP contribution < -0.4 is 4.90 Å². The molecular weight excluding hydrogens is 266 g/mol. The van der Waals surface area contributed by atoms with Crippen LogP contribution in [0.1, 0.15) is 31.2 Å². The molecule has 0 atom stereocenters. The lowest BCUT2D eigenvalue weighted by Crippen LogP contribution is -2.08. The lowest BCUT2D eigenvalue weighted by molar-refractivity contribution is 0.770. The number of benzene rings is 1. The van der Waals surface area contributed by atoms with Gasteiger partial charge in [-0.1, -0.05) is 38.2 Å². The summed E-state index contributed by atoms with van der Waals surface area (Å²) in [4.78, 5) is 9.97. The van der Waals surface area contributed by atoms with Crippen molar-refractivity contribution in [3.8, 4) is 11.3 Å². The minimum Gasteiger partial charge on any atom is -0.378 e. The molecule has 0 aliphatic rings. The maximum Gasteiger partial charge on any atom is 0.133 e. The van der Waals surface area contributed by atoms with Gasteiger partial charge in [-0.3, -0.25) is 0 Å². The zero-order valence-electron chi connectivity index (χ0n) is 12.7. The third-order valence-corrected chi connectivity index (χ3v) is 3.79. The molecular formula is C16H21N3S. The standard InChI is InChI=1S/C16H21N3S/c1-10(2)15-17-14(11(3)16(20)18-15)12-6-8-13(9-7-12)19(4)5/h6-10H,1-5H3,(H,17,18,20). The molecule has 1 heterocycles. The summed E-state index contributed by atoms with van der Waals surface area (Å²) in [7, 11) is 4.08. The molecule has 20 heavy (non-hydrogen) atoms. The Morgan fingerprint density at radius 1 is 1.15 bits per heavy atom. The van der Waals surface area contributed by atoms with Crippen molar-refractivity contribution in [2.24, 2.45) is 0 Å². The number of aromatic amines is 1. The topological polar surface area (TPSA) is 31.9 Å². The molecule has 0 aliphatic carbocycles. The van der Waals surface area contributed by atoms with Gasteiger partial charge in [0.15, 0.2) is 0 Å². The summed E-state index contributed by atoms with van der Waals surface area (Å²) >= 11 is 5.38. The number of hydrogen-bond acceptors (Lipinski definition) is 3. The zero-order chi connectivity index (χ0) is 14.9. The van der Waals surface area contributed by atoms with E-state index in [0.717, 1.165) is 22.6 Å². The van der Waals surface area contributed by atoms with E-state index in [0.29, 0.717) is 10.6 Å². The van der Waals surface area contributed by atoms with Crippen molar-refractivity contribution in [1.82, 2.24) is 9.97 Å². The van der Waals surface area contributed by atoms with Gasteiger partial charge in [-0.25, -0.2) is 4.98 Å². The SMILES string of the molecule is Cc1c(-c2ccc(N(C)C)cc2)[nH]c(C(C)C)nc1=S. The second-order valence-electron chi connectivity index (χ2n) is 5.52. The summed E-state index contributed by atoms with van der Waals surface area (Å²) in [5.41, 5.74) is 4.42. The van der Waals surface area contributed by atoms with Gasteiger partial charge in [-0.05, 0) is 24.6 Å². The maximum absolute atomic E-state index is 5.38. The summed E-state index contributed by atoms with van der Waals surface area (Å²) in [5, 5.41) is 0.